The van der Waals surface area contributed by atoms with E-state index in [9.17, 15) is 9.59 Å². The van der Waals surface area contributed by atoms with Crippen molar-refractivity contribution in [1.29, 1.82) is 0 Å². The van der Waals surface area contributed by atoms with E-state index in [-0.39, 0.29) is 5.97 Å². The Balaban J connectivity index is 1.86. The molecule has 0 aromatic heterocycles. The van der Waals surface area contributed by atoms with Gasteiger partial charge in [0.25, 0.3) is 0 Å². The molecule has 0 aromatic rings. The zero-order valence-corrected chi connectivity index (χ0v) is 16.0. The molecule has 1 heterocycles. The maximum absolute atomic E-state index is 11.4. The highest BCUT2D eigenvalue weighted by atomic mass is 16.5. The van der Waals surface area contributed by atoms with Crippen molar-refractivity contribution in [3.05, 3.63) is 24.0 Å². The van der Waals surface area contributed by atoms with Crippen LogP contribution in [0.15, 0.2) is 24.0 Å². The van der Waals surface area contributed by atoms with E-state index in [1.165, 1.54) is 83.3 Å². The Morgan fingerprint density at radius 1 is 0.880 bits per heavy atom. The number of cyclic esters (lactones) is 1. The van der Waals surface area contributed by atoms with Gasteiger partial charge < -0.3 is 4.74 Å². The van der Waals surface area contributed by atoms with Crippen molar-refractivity contribution in [1.82, 2.24) is 0 Å². The van der Waals surface area contributed by atoms with Crippen molar-refractivity contribution in [2.75, 3.05) is 0 Å². The molecule has 0 fully saturated rings. The van der Waals surface area contributed by atoms with E-state index in [2.05, 4.69) is 6.92 Å². The summed E-state index contributed by atoms with van der Waals surface area (Å²) in [5.41, 5.74) is 0.423. The van der Waals surface area contributed by atoms with Crippen LogP contribution in [0.25, 0.3) is 0 Å². The zero-order chi connectivity index (χ0) is 18.2. The molecule has 0 N–H and O–H groups in total. The Hall–Kier alpha value is -1.38. The topological polar surface area (TPSA) is 43.4 Å². The van der Waals surface area contributed by atoms with Crippen molar-refractivity contribution in [2.45, 2.75) is 96.8 Å². The van der Waals surface area contributed by atoms with Crippen LogP contribution >= 0.6 is 0 Å². The minimum absolute atomic E-state index is 0.344. The van der Waals surface area contributed by atoms with E-state index in [0.29, 0.717) is 11.9 Å². The van der Waals surface area contributed by atoms with Crippen LogP contribution in [0.3, 0.4) is 0 Å². The Bertz CT molecular complexity index is 423. The second kappa shape index (κ2) is 14.9. The third-order valence-corrected chi connectivity index (χ3v) is 4.86. The van der Waals surface area contributed by atoms with Gasteiger partial charge in [0.05, 0.1) is 0 Å². The standard InChI is InChI=1S/C22H36O3/c1-2-3-4-5-6-7-8-9-10-11-12-13-14-15-16-17-21-20(18-23)19-25-22(21)24/h16-19,21H,2-15H2,1H3. The van der Waals surface area contributed by atoms with Crippen LogP contribution in [0.1, 0.15) is 96.8 Å². The lowest BCUT2D eigenvalue weighted by Crippen LogP contribution is -2.09. The molecule has 142 valence electrons. The number of hydrogen-bond acceptors (Lipinski definition) is 3. The third kappa shape index (κ3) is 10.3. The normalized spacial score (nSPS) is 17.1. The summed E-state index contributed by atoms with van der Waals surface area (Å²) in [5, 5.41) is 0. The lowest BCUT2D eigenvalue weighted by atomic mass is 10.0. The quantitative estimate of drug-likeness (QED) is 0.143. The van der Waals surface area contributed by atoms with Crippen molar-refractivity contribution >= 4 is 12.3 Å². The van der Waals surface area contributed by atoms with Crippen LogP contribution < -0.4 is 0 Å². The molecule has 0 amide bonds. The second-order valence-electron chi connectivity index (χ2n) is 7.11. The number of hydrogen-bond donors (Lipinski definition) is 0. The number of carbonyl (C=O) groups is 2. The van der Waals surface area contributed by atoms with Gasteiger partial charge in [0.15, 0.2) is 0 Å². The minimum Gasteiger partial charge on any atom is -0.433 e. The smallest absolute Gasteiger partial charge is 0.322 e. The third-order valence-electron chi connectivity index (χ3n) is 4.86. The molecule has 3 heteroatoms. The average molecular weight is 349 g/mol. The summed E-state index contributed by atoms with van der Waals surface area (Å²) in [6.07, 6.45) is 24.3. The molecule has 0 aliphatic carbocycles. The van der Waals surface area contributed by atoms with E-state index >= 15 is 0 Å². The molecule has 3 nitrogen and oxygen atoms in total. The van der Waals surface area contributed by atoms with Crippen LogP contribution in [-0.4, -0.2) is 12.3 Å². The molecular formula is C22H36O3. The number of rotatable bonds is 16. The van der Waals surface area contributed by atoms with Gasteiger partial charge in [-0.15, -0.1) is 0 Å². The van der Waals surface area contributed by atoms with Gasteiger partial charge in [0.2, 0.25) is 0 Å². The molecule has 0 aromatic carbocycles. The average Bonchev–Trinajstić information content (AvgIpc) is 2.98. The molecule has 1 aliphatic heterocycles. The largest absolute Gasteiger partial charge is 0.433 e. The van der Waals surface area contributed by atoms with Crippen LogP contribution in [0.2, 0.25) is 0 Å². The summed E-state index contributed by atoms with van der Waals surface area (Å²) in [7, 11) is 0. The lowest BCUT2D eigenvalue weighted by Gasteiger charge is -2.03. The zero-order valence-electron chi connectivity index (χ0n) is 16.0. The van der Waals surface area contributed by atoms with Gasteiger partial charge in [-0.2, -0.15) is 0 Å². The highest BCUT2D eigenvalue weighted by Gasteiger charge is 2.27. The van der Waals surface area contributed by atoms with Gasteiger partial charge in [0, 0.05) is 5.57 Å². The SMILES string of the molecule is CCCCCCCCCCCCCCCC=CC1C(=O)OC=C1C=O. The van der Waals surface area contributed by atoms with Crippen molar-refractivity contribution in [2.24, 2.45) is 5.92 Å². The van der Waals surface area contributed by atoms with Crippen molar-refractivity contribution in [3.8, 4) is 0 Å². The van der Waals surface area contributed by atoms with Gasteiger partial charge in [0.1, 0.15) is 18.5 Å². The number of carbonyl (C=O) groups excluding carboxylic acids is 2. The summed E-state index contributed by atoms with van der Waals surface area (Å²) in [4.78, 5) is 22.2. The maximum Gasteiger partial charge on any atom is 0.322 e. The molecule has 0 radical (unpaired) electrons. The highest BCUT2D eigenvalue weighted by molar-refractivity contribution is 5.91. The van der Waals surface area contributed by atoms with E-state index in [0.717, 1.165) is 12.8 Å². The second-order valence-corrected chi connectivity index (χ2v) is 7.11. The molecule has 0 saturated carbocycles. The first-order valence-electron chi connectivity index (χ1n) is 10.3. The van der Waals surface area contributed by atoms with Gasteiger partial charge in [-0.3, -0.25) is 9.59 Å². The summed E-state index contributed by atoms with van der Waals surface area (Å²) >= 11 is 0. The van der Waals surface area contributed by atoms with Gasteiger partial charge in [-0.1, -0.05) is 96.1 Å². The number of allylic oxidation sites excluding steroid dienone is 1. The summed E-state index contributed by atoms with van der Waals surface area (Å²) in [5.74, 6) is -0.830. The fourth-order valence-corrected chi connectivity index (χ4v) is 3.21. The predicted molar refractivity (Wildman–Crippen MR) is 103 cm³/mol. The highest BCUT2D eigenvalue weighted by Crippen LogP contribution is 2.20. The van der Waals surface area contributed by atoms with Crippen LogP contribution in [0, 0.1) is 5.92 Å². The molecule has 25 heavy (non-hydrogen) atoms. The number of aldehydes is 1. The number of esters is 1. The van der Waals surface area contributed by atoms with Crippen LogP contribution in [-0.2, 0) is 14.3 Å². The molecule has 0 saturated heterocycles. The van der Waals surface area contributed by atoms with E-state index in [1.807, 2.05) is 6.08 Å². The first kappa shape index (κ1) is 21.7. The Kier molecular flexibility index (Phi) is 12.9. The number of unbranched alkanes of at least 4 members (excludes halogenated alkanes) is 13. The van der Waals surface area contributed by atoms with Crippen LogP contribution in [0.5, 0.6) is 0 Å². The van der Waals surface area contributed by atoms with Gasteiger partial charge >= 0.3 is 5.97 Å². The summed E-state index contributed by atoms with van der Waals surface area (Å²) in [6, 6.07) is 0. The summed E-state index contributed by atoms with van der Waals surface area (Å²) in [6.45, 7) is 2.27. The Morgan fingerprint density at radius 2 is 1.40 bits per heavy atom. The molecule has 1 unspecified atom stereocenters. The van der Waals surface area contributed by atoms with Crippen molar-refractivity contribution in [3.63, 3.8) is 0 Å². The summed E-state index contributed by atoms with van der Waals surface area (Å²) < 4.78 is 4.76. The Labute approximate surface area is 153 Å². The minimum atomic E-state index is -0.487. The van der Waals surface area contributed by atoms with Crippen LogP contribution in [0.4, 0.5) is 0 Å². The molecule has 0 spiro atoms. The molecular weight excluding hydrogens is 312 g/mol. The predicted octanol–water partition coefficient (Wildman–Crippen LogP) is 6.28. The fourth-order valence-electron chi connectivity index (χ4n) is 3.21. The van der Waals surface area contributed by atoms with E-state index < -0.39 is 5.92 Å². The molecule has 1 atom stereocenters. The Morgan fingerprint density at radius 3 is 1.92 bits per heavy atom. The molecule has 1 aliphatic rings. The monoisotopic (exact) mass is 348 g/mol. The van der Waals surface area contributed by atoms with Crippen molar-refractivity contribution < 1.29 is 14.3 Å². The maximum atomic E-state index is 11.4. The fraction of sp³-hybridized carbons (Fsp3) is 0.727. The molecule has 0 bridgehead atoms. The lowest BCUT2D eigenvalue weighted by molar-refractivity contribution is -0.137. The van der Waals surface area contributed by atoms with Gasteiger partial charge in [-0.25, -0.2) is 0 Å². The van der Waals surface area contributed by atoms with E-state index in [1.54, 1.807) is 6.08 Å². The first-order valence-corrected chi connectivity index (χ1v) is 10.3. The van der Waals surface area contributed by atoms with E-state index in [4.69, 9.17) is 4.74 Å². The molecule has 1 rings (SSSR count). The first-order chi connectivity index (χ1) is 12.3. The van der Waals surface area contributed by atoms with Gasteiger partial charge in [-0.05, 0) is 12.8 Å². The number of ether oxygens (including phenoxy) is 1.